The van der Waals surface area contributed by atoms with Crippen molar-refractivity contribution in [1.29, 1.82) is 0 Å². The number of aromatic nitrogens is 2. The number of nitrogens with zero attached hydrogens (tertiary/aromatic N) is 5. The maximum atomic E-state index is 11.8. The third-order valence-corrected chi connectivity index (χ3v) is 5.45. The number of aliphatic carboxylic acids is 1. The van der Waals surface area contributed by atoms with E-state index in [2.05, 4.69) is 33.8 Å². The van der Waals surface area contributed by atoms with E-state index < -0.39 is 11.4 Å². The first-order valence-corrected chi connectivity index (χ1v) is 9.15. The molecule has 2 aliphatic rings. The first-order valence-electron chi connectivity index (χ1n) is 9.15. The highest BCUT2D eigenvalue weighted by Gasteiger charge is 2.36. The number of rotatable bonds is 5. The molecule has 8 heteroatoms. The van der Waals surface area contributed by atoms with Crippen molar-refractivity contribution in [3.63, 3.8) is 0 Å². The molecule has 8 nitrogen and oxygen atoms in total. The highest BCUT2D eigenvalue weighted by molar-refractivity contribution is 5.82. The minimum atomic E-state index is -1.05. The van der Waals surface area contributed by atoms with E-state index in [0.29, 0.717) is 43.9 Å². The number of hydrogen-bond donors (Lipinski definition) is 1. The molecule has 0 aliphatic carbocycles. The molecule has 0 bridgehead atoms. The van der Waals surface area contributed by atoms with E-state index in [4.69, 9.17) is 9.72 Å². The number of carboxylic acids is 1. The van der Waals surface area contributed by atoms with Crippen molar-refractivity contribution in [2.75, 3.05) is 63.3 Å². The van der Waals surface area contributed by atoms with Crippen molar-refractivity contribution in [3.05, 3.63) is 11.8 Å². The Morgan fingerprint density at radius 3 is 2.54 bits per heavy atom. The molecule has 144 valence electrons. The first-order chi connectivity index (χ1) is 12.3. The van der Waals surface area contributed by atoms with Gasteiger partial charge in [-0.2, -0.15) is 4.98 Å². The molecular weight excluding hydrogens is 334 g/mol. The van der Waals surface area contributed by atoms with Gasteiger partial charge in [-0.15, -0.1) is 0 Å². The first kappa shape index (κ1) is 18.8. The lowest BCUT2D eigenvalue weighted by Gasteiger charge is -2.33. The molecule has 0 spiro atoms. The van der Waals surface area contributed by atoms with E-state index in [-0.39, 0.29) is 0 Å². The van der Waals surface area contributed by atoms with Gasteiger partial charge in [0.2, 0.25) is 5.95 Å². The van der Waals surface area contributed by atoms with Crippen molar-refractivity contribution in [2.24, 2.45) is 0 Å². The van der Waals surface area contributed by atoms with Gasteiger partial charge in [0.15, 0.2) is 0 Å². The minimum absolute atomic E-state index is 0.487. The molecule has 1 atom stereocenters. The van der Waals surface area contributed by atoms with E-state index in [1.807, 2.05) is 0 Å². The van der Waals surface area contributed by atoms with Gasteiger partial charge in [-0.1, -0.05) is 0 Å². The summed E-state index contributed by atoms with van der Waals surface area (Å²) in [4.78, 5) is 27.7. The number of likely N-dealkylation sites (N-methyl/N-ethyl adjacent to an activating group) is 1. The van der Waals surface area contributed by atoms with E-state index in [1.165, 1.54) is 0 Å². The zero-order chi connectivity index (χ0) is 18.9. The lowest BCUT2D eigenvalue weighted by Crippen LogP contribution is -2.40. The number of ether oxygens (including phenoxy) is 1. The molecule has 0 amide bonds. The van der Waals surface area contributed by atoms with Crippen molar-refractivity contribution in [3.8, 4) is 0 Å². The molecule has 0 radical (unpaired) electrons. The van der Waals surface area contributed by atoms with Gasteiger partial charge in [0.1, 0.15) is 5.82 Å². The molecule has 0 saturated carbocycles. The zero-order valence-electron chi connectivity index (χ0n) is 16.1. The van der Waals surface area contributed by atoms with Crippen LogP contribution in [0.5, 0.6) is 0 Å². The Kier molecular flexibility index (Phi) is 5.34. The standard InChI is InChI=1S/C18H29N5O3/c1-18(2,16(24)25)14-11-19-17(23-6-5-13(12-23)21(3)4)20-15(14)22-7-9-26-10-8-22/h11,13H,5-10,12H2,1-4H3,(H,24,25). The second-order valence-corrected chi connectivity index (χ2v) is 7.79. The van der Waals surface area contributed by atoms with Gasteiger partial charge in [-0.05, 0) is 34.4 Å². The van der Waals surface area contributed by atoms with Crippen LogP contribution in [0.15, 0.2) is 6.20 Å². The van der Waals surface area contributed by atoms with Crippen molar-refractivity contribution in [2.45, 2.75) is 31.7 Å². The SMILES string of the molecule is CN(C)C1CCN(c2ncc(C(C)(C)C(=O)O)c(N3CCOCC3)n2)C1. The van der Waals surface area contributed by atoms with Gasteiger partial charge in [-0.3, -0.25) is 4.79 Å². The maximum Gasteiger partial charge on any atom is 0.313 e. The summed E-state index contributed by atoms with van der Waals surface area (Å²) in [5, 5.41) is 9.68. The molecule has 3 rings (SSSR count). The molecular formula is C18H29N5O3. The molecule has 3 heterocycles. The predicted molar refractivity (Wildman–Crippen MR) is 100 cm³/mol. The third-order valence-electron chi connectivity index (χ3n) is 5.45. The van der Waals surface area contributed by atoms with Crippen LogP contribution in [0, 0.1) is 0 Å². The highest BCUT2D eigenvalue weighted by Crippen LogP contribution is 2.33. The monoisotopic (exact) mass is 363 g/mol. The fraction of sp³-hybridized carbons (Fsp3) is 0.722. The molecule has 2 saturated heterocycles. The smallest absolute Gasteiger partial charge is 0.313 e. The molecule has 2 aliphatic heterocycles. The van der Waals surface area contributed by atoms with Crippen LogP contribution < -0.4 is 9.80 Å². The molecule has 1 unspecified atom stereocenters. The Labute approximate surface area is 154 Å². The van der Waals surface area contributed by atoms with E-state index in [0.717, 1.165) is 25.3 Å². The van der Waals surface area contributed by atoms with Crippen molar-refractivity contribution in [1.82, 2.24) is 14.9 Å². The summed E-state index contributed by atoms with van der Waals surface area (Å²) in [6, 6.07) is 0.487. The largest absolute Gasteiger partial charge is 0.481 e. The lowest BCUT2D eigenvalue weighted by molar-refractivity contribution is -0.142. The lowest BCUT2D eigenvalue weighted by atomic mass is 9.85. The predicted octanol–water partition coefficient (Wildman–Crippen LogP) is 0.816. The Hall–Kier alpha value is -1.93. The minimum Gasteiger partial charge on any atom is -0.481 e. The van der Waals surface area contributed by atoms with Crippen LogP contribution in [0.2, 0.25) is 0 Å². The Balaban J connectivity index is 1.95. The maximum absolute atomic E-state index is 11.8. The van der Waals surface area contributed by atoms with Crippen LogP contribution in [0.3, 0.4) is 0 Å². The number of carbonyl (C=O) groups is 1. The molecule has 0 aromatic carbocycles. The summed E-state index contributed by atoms with van der Waals surface area (Å²) in [6.07, 6.45) is 2.77. The van der Waals surface area contributed by atoms with Gasteiger partial charge in [0, 0.05) is 44.0 Å². The van der Waals surface area contributed by atoms with Crippen LogP contribution in [0.25, 0.3) is 0 Å². The summed E-state index contributed by atoms with van der Waals surface area (Å²) >= 11 is 0. The van der Waals surface area contributed by atoms with Crippen molar-refractivity contribution >= 4 is 17.7 Å². The fourth-order valence-electron chi connectivity index (χ4n) is 3.43. The fourth-order valence-corrected chi connectivity index (χ4v) is 3.43. The second-order valence-electron chi connectivity index (χ2n) is 7.79. The number of morpholine rings is 1. The normalized spacial score (nSPS) is 21.5. The van der Waals surface area contributed by atoms with Gasteiger partial charge in [0.25, 0.3) is 0 Å². The number of carboxylic acid groups (broad SMARTS) is 1. The second kappa shape index (κ2) is 7.36. The van der Waals surface area contributed by atoms with Crippen LogP contribution in [-0.2, 0) is 14.9 Å². The average Bonchev–Trinajstić information content (AvgIpc) is 3.12. The van der Waals surface area contributed by atoms with Crippen LogP contribution in [0.1, 0.15) is 25.8 Å². The van der Waals surface area contributed by atoms with Gasteiger partial charge >= 0.3 is 5.97 Å². The highest BCUT2D eigenvalue weighted by atomic mass is 16.5. The number of hydrogen-bond acceptors (Lipinski definition) is 7. The summed E-state index contributed by atoms with van der Waals surface area (Å²) in [6.45, 7) is 7.87. The van der Waals surface area contributed by atoms with Crippen LogP contribution >= 0.6 is 0 Å². The van der Waals surface area contributed by atoms with Gasteiger partial charge in [-0.25, -0.2) is 4.98 Å². The van der Waals surface area contributed by atoms with Crippen LogP contribution in [-0.4, -0.2) is 85.5 Å². The summed E-state index contributed by atoms with van der Waals surface area (Å²) in [5.74, 6) is 0.525. The summed E-state index contributed by atoms with van der Waals surface area (Å²) in [5.41, 5.74) is -0.400. The molecule has 26 heavy (non-hydrogen) atoms. The molecule has 1 N–H and O–H groups in total. The topological polar surface area (TPSA) is 82.0 Å². The Morgan fingerprint density at radius 1 is 1.27 bits per heavy atom. The van der Waals surface area contributed by atoms with E-state index in [9.17, 15) is 9.90 Å². The van der Waals surface area contributed by atoms with Gasteiger partial charge in [0.05, 0.1) is 18.6 Å². The summed E-state index contributed by atoms with van der Waals surface area (Å²) in [7, 11) is 4.18. The zero-order valence-corrected chi connectivity index (χ0v) is 16.1. The number of anilines is 2. The average molecular weight is 363 g/mol. The Morgan fingerprint density at radius 2 is 1.96 bits per heavy atom. The van der Waals surface area contributed by atoms with Crippen molar-refractivity contribution < 1.29 is 14.6 Å². The molecule has 2 fully saturated rings. The van der Waals surface area contributed by atoms with E-state index in [1.54, 1.807) is 20.0 Å². The summed E-state index contributed by atoms with van der Waals surface area (Å²) < 4.78 is 5.45. The molecule has 1 aromatic heterocycles. The quantitative estimate of drug-likeness (QED) is 0.823. The third kappa shape index (κ3) is 3.61. The van der Waals surface area contributed by atoms with Crippen LogP contribution in [0.4, 0.5) is 11.8 Å². The Bertz CT molecular complexity index is 658. The van der Waals surface area contributed by atoms with E-state index >= 15 is 0 Å². The molecule has 1 aromatic rings. The van der Waals surface area contributed by atoms with Gasteiger partial charge < -0.3 is 24.5 Å².